The Kier molecular flexibility index (Phi) is 7.25. The Balaban J connectivity index is 1.70. The third-order valence-electron chi connectivity index (χ3n) is 5.93. The monoisotopic (exact) mass is 452 g/mol. The van der Waals surface area contributed by atoms with E-state index < -0.39 is 0 Å². The van der Waals surface area contributed by atoms with Crippen LogP contribution in [0.3, 0.4) is 0 Å². The molecule has 170 valence electrons. The van der Waals surface area contributed by atoms with Crippen molar-refractivity contribution in [1.29, 1.82) is 0 Å². The van der Waals surface area contributed by atoms with Crippen molar-refractivity contribution in [3.05, 3.63) is 51.9 Å². The maximum Gasteiger partial charge on any atom is 0.170 e. The second-order valence-corrected chi connectivity index (χ2v) is 9.27. The highest BCUT2D eigenvalue weighted by molar-refractivity contribution is 7.15. The maximum atomic E-state index is 5.74. The first-order chi connectivity index (χ1) is 15.7. The summed E-state index contributed by atoms with van der Waals surface area (Å²) in [6.45, 7) is 4.74. The lowest BCUT2D eigenvalue weighted by Gasteiger charge is -2.14. The first-order valence-corrected chi connectivity index (χ1v) is 12.3. The molecule has 2 aromatic heterocycles. The van der Waals surface area contributed by atoms with Crippen molar-refractivity contribution in [3.8, 4) is 16.5 Å². The van der Waals surface area contributed by atoms with Crippen LogP contribution in [0.2, 0.25) is 0 Å². The average molecular weight is 453 g/mol. The molecule has 0 spiro atoms. The van der Waals surface area contributed by atoms with E-state index in [2.05, 4.69) is 27.8 Å². The van der Waals surface area contributed by atoms with Crippen molar-refractivity contribution in [2.45, 2.75) is 65.3 Å². The van der Waals surface area contributed by atoms with Crippen LogP contribution in [0.1, 0.15) is 73.1 Å². The van der Waals surface area contributed by atoms with Crippen LogP contribution in [0.25, 0.3) is 5.00 Å². The zero-order chi connectivity index (χ0) is 22.5. The van der Waals surface area contributed by atoms with E-state index in [1.54, 1.807) is 14.2 Å². The van der Waals surface area contributed by atoms with E-state index in [0.717, 1.165) is 39.9 Å². The molecule has 0 saturated carbocycles. The second kappa shape index (κ2) is 10.3. The van der Waals surface area contributed by atoms with E-state index in [9.17, 15) is 0 Å². The minimum atomic E-state index is 0.477. The molecule has 6 nitrogen and oxygen atoms in total. The fraction of sp³-hybridized carbons (Fsp3) is 0.480. The molecule has 0 aliphatic carbocycles. The molecule has 0 bridgehead atoms. The molecule has 4 rings (SSSR count). The number of unbranched alkanes of at least 4 members (excludes halogenated alkanes) is 5. The van der Waals surface area contributed by atoms with E-state index in [0.29, 0.717) is 18.0 Å². The van der Waals surface area contributed by atoms with Crippen molar-refractivity contribution >= 4 is 17.0 Å². The number of ether oxygens (including phenoxy) is 2. The molecule has 1 aromatic carbocycles. The fourth-order valence-electron chi connectivity index (χ4n) is 4.28. The van der Waals surface area contributed by atoms with Crippen molar-refractivity contribution in [2.24, 2.45) is 4.99 Å². The van der Waals surface area contributed by atoms with Gasteiger partial charge in [0.1, 0.15) is 17.4 Å². The first kappa shape index (κ1) is 22.5. The number of aliphatic imine (C=N–C) groups is 1. The Morgan fingerprint density at radius 1 is 1.00 bits per heavy atom. The normalized spacial score (nSPS) is 12.7. The molecule has 0 atom stereocenters. The molecule has 0 radical (unpaired) electrons. The number of aromatic nitrogens is 3. The molecular formula is C25H32N4O2S. The van der Waals surface area contributed by atoms with Crippen molar-refractivity contribution in [3.63, 3.8) is 0 Å². The number of hydrogen-bond acceptors (Lipinski definition) is 6. The van der Waals surface area contributed by atoms with Gasteiger partial charge in [0.05, 0.1) is 19.9 Å². The summed E-state index contributed by atoms with van der Waals surface area (Å²) < 4.78 is 13.4. The first-order valence-electron chi connectivity index (χ1n) is 11.5. The van der Waals surface area contributed by atoms with Gasteiger partial charge in [-0.15, -0.1) is 21.5 Å². The van der Waals surface area contributed by atoms with Crippen molar-refractivity contribution in [2.75, 3.05) is 14.2 Å². The molecule has 0 saturated heterocycles. The zero-order valence-corrected chi connectivity index (χ0v) is 20.3. The van der Waals surface area contributed by atoms with Gasteiger partial charge in [-0.2, -0.15) is 0 Å². The standard InChI is InChI=1S/C25H32N4O2S/c1-5-6-7-8-9-10-12-18-15-20-23(19-13-11-14-21(30-3)24(19)31-4)26-16-22-28-27-17(2)29(22)25(20)32-18/h11,13-15H,5-10,12,16H2,1-4H3. The van der Waals surface area contributed by atoms with Crippen LogP contribution in [0.5, 0.6) is 11.5 Å². The number of methoxy groups -OCH3 is 2. The number of nitrogens with zero attached hydrogens (tertiary/aromatic N) is 4. The topological polar surface area (TPSA) is 61.5 Å². The van der Waals surface area contributed by atoms with Crippen LogP contribution in [0.4, 0.5) is 0 Å². The van der Waals surface area contributed by atoms with E-state index in [4.69, 9.17) is 14.5 Å². The third kappa shape index (κ3) is 4.44. The lowest BCUT2D eigenvalue weighted by atomic mass is 10.0. The number of para-hydroxylation sites is 1. The van der Waals surface area contributed by atoms with E-state index in [-0.39, 0.29) is 0 Å². The van der Waals surface area contributed by atoms with Crippen LogP contribution >= 0.6 is 11.3 Å². The summed E-state index contributed by atoms with van der Waals surface area (Å²) in [6.07, 6.45) is 8.87. The summed E-state index contributed by atoms with van der Waals surface area (Å²) in [5.74, 6) is 3.17. The molecule has 1 aliphatic rings. The molecule has 0 unspecified atom stereocenters. The van der Waals surface area contributed by atoms with Crippen LogP contribution in [0, 0.1) is 6.92 Å². The second-order valence-electron chi connectivity index (χ2n) is 8.15. The van der Waals surface area contributed by atoms with E-state index in [1.807, 2.05) is 36.5 Å². The third-order valence-corrected chi connectivity index (χ3v) is 7.11. The van der Waals surface area contributed by atoms with E-state index >= 15 is 0 Å². The van der Waals surface area contributed by atoms with Gasteiger partial charge in [-0.1, -0.05) is 45.1 Å². The lowest BCUT2D eigenvalue weighted by molar-refractivity contribution is 0.354. The minimum absolute atomic E-state index is 0.477. The van der Waals surface area contributed by atoms with Crippen LogP contribution in [-0.2, 0) is 13.0 Å². The molecule has 7 heteroatoms. The number of thiophene rings is 1. The summed E-state index contributed by atoms with van der Waals surface area (Å²) in [7, 11) is 3.34. The Morgan fingerprint density at radius 3 is 2.59 bits per heavy atom. The molecule has 0 N–H and O–H groups in total. The van der Waals surface area contributed by atoms with Gasteiger partial charge >= 0.3 is 0 Å². The fourth-order valence-corrected chi connectivity index (χ4v) is 5.55. The summed E-state index contributed by atoms with van der Waals surface area (Å²) in [5.41, 5.74) is 2.98. The molecule has 32 heavy (non-hydrogen) atoms. The van der Waals surface area contributed by atoms with Gasteiger partial charge in [0, 0.05) is 16.0 Å². The number of benzene rings is 1. The maximum absolute atomic E-state index is 5.74. The number of hydrogen-bond donors (Lipinski definition) is 0. The highest BCUT2D eigenvalue weighted by Crippen LogP contribution is 2.38. The van der Waals surface area contributed by atoms with Gasteiger partial charge in [-0.3, -0.25) is 9.56 Å². The number of aryl methyl sites for hydroxylation is 2. The quantitative estimate of drug-likeness (QED) is 0.359. The molecular weight excluding hydrogens is 420 g/mol. The smallest absolute Gasteiger partial charge is 0.170 e. The largest absolute Gasteiger partial charge is 0.493 e. The summed E-state index contributed by atoms with van der Waals surface area (Å²) in [6, 6.07) is 8.25. The Morgan fingerprint density at radius 2 is 1.81 bits per heavy atom. The van der Waals surface area contributed by atoms with Crippen molar-refractivity contribution < 1.29 is 9.47 Å². The van der Waals surface area contributed by atoms with Crippen LogP contribution < -0.4 is 9.47 Å². The SMILES string of the molecule is CCCCCCCCc1cc2c(s1)-n1c(C)nnc1CN=C2c1cccc(OC)c1OC. The molecule has 0 fully saturated rings. The zero-order valence-electron chi connectivity index (χ0n) is 19.5. The van der Waals surface area contributed by atoms with E-state index in [1.165, 1.54) is 43.4 Å². The predicted molar refractivity (Wildman–Crippen MR) is 130 cm³/mol. The molecule has 0 amide bonds. The lowest BCUT2D eigenvalue weighted by Crippen LogP contribution is -2.08. The Labute approximate surface area is 194 Å². The predicted octanol–water partition coefficient (Wildman–Crippen LogP) is 5.91. The molecule has 3 heterocycles. The van der Waals surface area contributed by atoms with Gasteiger partial charge in [-0.25, -0.2) is 0 Å². The van der Waals surface area contributed by atoms with Gasteiger partial charge < -0.3 is 9.47 Å². The Bertz CT molecular complexity index is 1100. The van der Waals surface area contributed by atoms with Crippen LogP contribution in [0.15, 0.2) is 29.3 Å². The van der Waals surface area contributed by atoms with Gasteiger partial charge in [-0.05, 0) is 38.0 Å². The van der Waals surface area contributed by atoms with Crippen molar-refractivity contribution in [1.82, 2.24) is 14.8 Å². The summed E-state index contributed by atoms with van der Waals surface area (Å²) in [4.78, 5) is 6.36. The number of fused-ring (bicyclic) bond motifs is 3. The van der Waals surface area contributed by atoms with Gasteiger partial charge in [0.2, 0.25) is 0 Å². The molecule has 3 aromatic rings. The summed E-state index contributed by atoms with van der Waals surface area (Å²) >= 11 is 1.83. The average Bonchev–Trinajstić information content (AvgIpc) is 3.35. The van der Waals surface area contributed by atoms with Crippen LogP contribution in [-0.4, -0.2) is 34.7 Å². The Hall–Kier alpha value is -2.67. The van der Waals surface area contributed by atoms with Gasteiger partial charge in [0.25, 0.3) is 0 Å². The summed E-state index contributed by atoms with van der Waals surface area (Å²) in [5, 5.41) is 9.85. The highest BCUT2D eigenvalue weighted by Gasteiger charge is 2.26. The minimum Gasteiger partial charge on any atom is -0.493 e. The number of rotatable bonds is 10. The van der Waals surface area contributed by atoms with Gasteiger partial charge in [0.15, 0.2) is 17.3 Å². The molecule has 1 aliphatic heterocycles. The highest BCUT2D eigenvalue weighted by atomic mass is 32.1.